The molecule has 7 nitrogen and oxygen atoms in total. The number of halogens is 2. The Balaban J connectivity index is 1.54. The molecule has 1 unspecified atom stereocenters. The number of aryl methyl sites for hydroxylation is 1. The zero-order valence-corrected chi connectivity index (χ0v) is 15.0. The second-order valence-electron chi connectivity index (χ2n) is 6.34. The van der Waals surface area contributed by atoms with E-state index >= 15 is 0 Å². The number of aromatic nitrogens is 4. The van der Waals surface area contributed by atoms with E-state index in [9.17, 15) is 13.6 Å². The van der Waals surface area contributed by atoms with Gasteiger partial charge in [0, 0.05) is 5.56 Å². The van der Waals surface area contributed by atoms with Crippen molar-refractivity contribution in [3.05, 3.63) is 65.3 Å². The summed E-state index contributed by atoms with van der Waals surface area (Å²) in [7, 11) is 0. The van der Waals surface area contributed by atoms with Crippen LogP contribution in [0.1, 0.15) is 34.8 Å². The molecule has 0 radical (unpaired) electrons. The van der Waals surface area contributed by atoms with Crippen molar-refractivity contribution in [2.24, 2.45) is 0 Å². The van der Waals surface area contributed by atoms with E-state index < -0.39 is 17.8 Å². The van der Waals surface area contributed by atoms with Crippen LogP contribution in [0.2, 0.25) is 0 Å². The van der Waals surface area contributed by atoms with Gasteiger partial charge in [0.2, 0.25) is 11.7 Å². The minimum Gasteiger partial charge on any atom is -0.345 e. The third-order valence-corrected chi connectivity index (χ3v) is 4.35. The zero-order valence-electron chi connectivity index (χ0n) is 15.0. The predicted molar refractivity (Wildman–Crippen MR) is 96.4 cm³/mol. The van der Waals surface area contributed by atoms with E-state index in [1.165, 1.54) is 24.5 Å². The normalized spacial score (nSPS) is 12.3. The molecule has 1 amide bonds. The Morgan fingerprint density at radius 2 is 2.07 bits per heavy atom. The van der Waals surface area contributed by atoms with Crippen LogP contribution in [0.5, 0.6) is 0 Å². The van der Waals surface area contributed by atoms with Crippen molar-refractivity contribution in [2.75, 3.05) is 0 Å². The lowest BCUT2D eigenvalue weighted by Gasteiger charge is -2.10. The first-order chi connectivity index (χ1) is 13.4. The molecule has 4 aromatic rings. The number of hydrogen-bond donors (Lipinski definition) is 2. The first-order valence-electron chi connectivity index (χ1n) is 8.46. The van der Waals surface area contributed by atoms with Crippen molar-refractivity contribution < 1.29 is 18.1 Å². The van der Waals surface area contributed by atoms with Gasteiger partial charge in [0.15, 0.2) is 5.82 Å². The lowest BCUT2D eigenvalue weighted by molar-refractivity contribution is 0.0928. The Morgan fingerprint density at radius 1 is 1.25 bits per heavy atom. The lowest BCUT2D eigenvalue weighted by atomic mass is 10.1. The summed E-state index contributed by atoms with van der Waals surface area (Å²) in [5.41, 5.74) is 1.49. The highest BCUT2D eigenvalue weighted by molar-refractivity contribution is 5.98. The number of fused-ring (bicyclic) bond motifs is 1. The van der Waals surface area contributed by atoms with Gasteiger partial charge in [-0.15, -0.1) is 0 Å². The van der Waals surface area contributed by atoms with Crippen LogP contribution in [0.3, 0.4) is 0 Å². The van der Waals surface area contributed by atoms with Gasteiger partial charge >= 0.3 is 0 Å². The van der Waals surface area contributed by atoms with Crippen LogP contribution in [0.25, 0.3) is 22.4 Å². The molecular weight excluding hydrogens is 368 g/mol. The molecule has 2 aromatic carbocycles. The maximum atomic E-state index is 14.5. The molecule has 0 spiro atoms. The van der Waals surface area contributed by atoms with Crippen LogP contribution < -0.4 is 5.32 Å². The number of rotatable bonds is 4. The number of carbonyl (C=O) groups is 1. The fourth-order valence-electron chi connectivity index (χ4n) is 2.80. The van der Waals surface area contributed by atoms with Crippen LogP contribution in [0, 0.1) is 18.6 Å². The number of amides is 1. The second kappa shape index (κ2) is 6.84. The SMILES string of the molecule is Cc1cc(-c2noc(C(C)NC(=O)c3ccc4[nH]cnc4c3F)n2)ccc1F. The summed E-state index contributed by atoms with van der Waals surface area (Å²) < 4.78 is 33.1. The number of imidazole rings is 1. The molecule has 28 heavy (non-hydrogen) atoms. The van der Waals surface area contributed by atoms with Gasteiger partial charge in [-0.3, -0.25) is 4.79 Å². The van der Waals surface area contributed by atoms with Crippen molar-refractivity contribution in [3.63, 3.8) is 0 Å². The summed E-state index contributed by atoms with van der Waals surface area (Å²) >= 11 is 0. The van der Waals surface area contributed by atoms with Gasteiger partial charge in [-0.25, -0.2) is 13.8 Å². The van der Waals surface area contributed by atoms with Crippen molar-refractivity contribution in [1.29, 1.82) is 0 Å². The zero-order chi connectivity index (χ0) is 19.8. The van der Waals surface area contributed by atoms with Crippen LogP contribution >= 0.6 is 0 Å². The predicted octanol–water partition coefficient (Wildman–Crippen LogP) is 3.69. The highest BCUT2D eigenvalue weighted by Gasteiger charge is 2.21. The van der Waals surface area contributed by atoms with Crippen LogP contribution in [-0.2, 0) is 0 Å². The molecule has 1 atom stereocenters. The summed E-state index contributed by atoms with van der Waals surface area (Å²) in [6, 6.07) is 6.74. The number of H-pyrrole nitrogens is 1. The highest BCUT2D eigenvalue weighted by Crippen LogP contribution is 2.22. The Morgan fingerprint density at radius 3 is 2.86 bits per heavy atom. The van der Waals surface area contributed by atoms with Gasteiger partial charge in [0.05, 0.1) is 17.4 Å². The lowest BCUT2D eigenvalue weighted by Crippen LogP contribution is -2.27. The van der Waals surface area contributed by atoms with E-state index in [2.05, 4.69) is 25.4 Å². The Labute approximate surface area is 157 Å². The fraction of sp³-hybridized carbons (Fsp3) is 0.158. The minimum absolute atomic E-state index is 0.0899. The van der Waals surface area contributed by atoms with E-state index in [4.69, 9.17) is 4.52 Å². The number of carbonyl (C=O) groups excluding carboxylic acids is 1. The fourth-order valence-corrected chi connectivity index (χ4v) is 2.80. The van der Waals surface area contributed by atoms with Crippen molar-refractivity contribution in [3.8, 4) is 11.4 Å². The molecule has 0 fully saturated rings. The van der Waals surface area contributed by atoms with Crippen LogP contribution in [-0.4, -0.2) is 26.0 Å². The minimum atomic E-state index is -0.712. The Hall–Kier alpha value is -3.62. The van der Waals surface area contributed by atoms with Crippen molar-refractivity contribution >= 4 is 16.9 Å². The van der Waals surface area contributed by atoms with Crippen molar-refractivity contribution in [2.45, 2.75) is 19.9 Å². The highest BCUT2D eigenvalue weighted by atomic mass is 19.1. The Bertz CT molecular complexity index is 1180. The first kappa shape index (κ1) is 17.8. The second-order valence-corrected chi connectivity index (χ2v) is 6.34. The van der Waals surface area contributed by atoms with Gasteiger partial charge in [-0.1, -0.05) is 5.16 Å². The van der Waals surface area contributed by atoms with Crippen LogP contribution in [0.15, 0.2) is 41.2 Å². The topological polar surface area (TPSA) is 96.7 Å². The molecule has 0 bridgehead atoms. The molecule has 2 heterocycles. The molecule has 0 saturated carbocycles. The Kier molecular flexibility index (Phi) is 4.34. The largest absolute Gasteiger partial charge is 0.345 e. The molecule has 142 valence electrons. The van der Waals surface area contributed by atoms with Gasteiger partial charge in [-0.2, -0.15) is 4.98 Å². The summed E-state index contributed by atoms with van der Waals surface area (Å²) in [4.78, 5) is 23.3. The molecule has 2 aromatic heterocycles. The number of benzene rings is 2. The summed E-state index contributed by atoms with van der Waals surface area (Å²) in [5, 5.41) is 6.48. The maximum Gasteiger partial charge on any atom is 0.254 e. The van der Waals surface area contributed by atoms with E-state index in [1.807, 2.05) is 0 Å². The quantitative estimate of drug-likeness (QED) is 0.560. The van der Waals surface area contributed by atoms with Gasteiger partial charge in [0.25, 0.3) is 5.91 Å². The molecule has 0 aliphatic rings. The van der Waals surface area contributed by atoms with Crippen molar-refractivity contribution in [1.82, 2.24) is 25.4 Å². The van der Waals surface area contributed by atoms with Gasteiger partial charge in [0.1, 0.15) is 17.4 Å². The summed E-state index contributed by atoms with van der Waals surface area (Å²) in [5.74, 6) is -1.26. The van der Waals surface area contributed by atoms with Crippen LogP contribution in [0.4, 0.5) is 8.78 Å². The first-order valence-corrected chi connectivity index (χ1v) is 8.46. The van der Waals surface area contributed by atoms with E-state index in [-0.39, 0.29) is 28.6 Å². The average molecular weight is 383 g/mol. The summed E-state index contributed by atoms with van der Waals surface area (Å²) in [6.45, 7) is 3.27. The number of nitrogens with one attached hydrogen (secondary N) is 2. The molecule has 0 aliphatic carbocycles. The van der Waals surface area contributed by atoms with E-state index in [1.54, 1.807) is 26.0 Å². The maximum absolute atomic E-state index is 14.5. The third kappa shape index (κ3) is 3.11. The van der Waals surface area contributed by atoms with E-state index in [0.717, 1.165) is 0 Å². The molecule has 0 saturated heterocycles. The van der Waals surface area contributed by atoms with E-state index in [0.29, 0.717) is 16.6 Å². The molecular formula is C19H15F2N5O2. The molecule has 0 aliphatic heterocycles. The average Bonchev–Trinajstić information content (AvgIpc) is 3.34. The summed E-state index contributed by atoms with van der Waals surface area (Å²) in [6.07, 6.45) is 1.36. The molecule has 2 N–H and O–H groups in total. The third-order valence-electron chi connectivity index (χ3n) is 4.35. The van der Waals surface area contributed by atoms with Gasteiger partial charge < -0.3 is 14.8 Å². The number of hydrogen-bond acceptors (Lipinski definition) is 5. The van der Waals surface area contributed by atoms with Gasteiger partial charge in [-0.05, 0) is 49.7 Å². The monoisotopic (exact) mass is 383 g/mol. The standard InChI is InChI=1S/C19H15F2N5O2/c1-9-7-11(3-5-13(9)20)17-25-19(28-26-17)10(2)24-18(27)12-4-6-14-16(15(12)21)23-8-22-14/h3-8,10H,1-2H3,(H,22,23)(H,24,27). The number of aromatic amines is 1. The smallest absolute Gasteiger partial charge is 0.254 e. The molecule has 9 heteroatoms. The number of nitrogens with zero attached hydrogens (tertiary/aromatic N) is 3. The molecule has 4 rings (SSSR count).